The van der Waals surface area contributed by atoms with Crippen LogP contribution < -0.4 is 0 Å². The summed E-state index contributed by atoms with van der Waals surface area (Å²) in [6, 6.07) is 0. The largest absolute Gasteiger partial charge is 1.00 e. The average molecular weight is 229 g/mol. The van der Waals surface area contributed by atoms with Gasteiger partial charge >= 0.3 is 17.1 Å². The fourth-order valence-electron chi connectivity index (χ4n) is 1.11. The molecule has 1 unspecified atom stereocenters. The standard InChI is InChI=1S/C10H13O2.Cu/c1-2-3-5-8-11-10-7-4-6-9-12-10;/h3,5,10H,4,6-9H2;/q-1;+1/b5-3+;. The van der Waals surface area contributed by atoms with Crippen molar-refractivity contribution in [3.8, 4) is 5.92 Å². The second kappa shape index (κ2) is 8.34. The summed E-state index contributed by atoms with van der Waals surface area (Å²) in [6.45, 7) is 1.32. The van der Waals surface area contributed by atoms with Crippen molar-refractivity contribution < 1.29 is 26.5 Å². The van der Waals surface area contributed by atoms with Crippen LogP contribution in [-0.4, -0.2) is 19.5 Å². The normalized spacial score (nSPS) is 22.2. The van der Waals surface area contributed by atoms with Crippen LogP contribution in [0.2, 0.25) is 0 Å². The molecule has 76 valence electrons. The molecule has 0 spiro atoms. The molecular formula is C10H13CuO2. The van der Waals surface area contributed by atoms with Gasteiger partial charge in [0, 0.05) is 6.61 Å². The summed E-state index contributed by atoms with van der Waals surface area (Å²) in [5.74, 6) is 2.15. The molecule has 0 amide bonds. The van der Waals surface area contributed by atoms with Crippen molar-refractivity contribution in [1.82, 2.24) is 0 Å². The molecule has 2 nitrogen and oxygen atoms in total. The van der Waals surface area contributed by atoms with E-state index in [1.807, 2.05) is 0 Å². The Morgan fingerprint density at radius 1 is 1.54 bits per heavy atom. The fourth-order valence-corrected chi connectivity index (χ4v) is 1.11. The van der Waals surface area contributed by atoms with E-state index in [9.17, 15) is 0 Å². The van der Waals surface area contributed by atoms with Crippen molar-refractivity contribution in [2.45, 2.75) is 25.6 Å². The third-order valence-electron chi connectivity index (χ3n) is 1.72. The molecular weight excluding hydrogens is 216 g/mol. The van der Waals surface area contributed by atoms with E-state index in [-0.39, 0.29) is 23.4 Å². The van der Waals surface area contributed by atoms with E-state index in [1.54, 1.807) is 6.08 Å². The molecule has 1 heterocycles. The van der Waals surface area contributed by atoms with Crippen LogP contribution in [0.3, 0.4) is 0 Å². The molecule has 1 rings (SSSR count). The zero-order valence-electron chi connectivity index (χ0n) is 7.39. The van der Waals surface area contributed by atoms with Crippen LogP contribution in [0.1, 0.15) is 19.3 Å². The van der Waals surface area contributed by atoms with E-state index in [1.165, 1.54) is 12.5 Å². The van der Waals surface area contributed by atoms with Gasteiger partial charge in [-0.25, -0.2) is 0 Å². The van der Waals surface area contributed by atoms with Crippen molar-refractivity contribution >= 4 is 0 Å². The molecule has 0 aromatic heterocycles. The SMILES string of the molecule is [C-]#C/C=C/COC1CCCCO1.[Cu+]. The monoisotopic (exact) mass is 228 g/mol. The Labute approximate surface area is 90.2 Å². The Morgan fingerprint density at radius 2 is 2.38 bits per heavy atom. The fraction of sp³-hybridized carbons (Fsp3) is 0.600. The van der Waals surface area contributed by atoms with Gasteiger partial charge in [-0.1, -0.05) is 0 Å². The number of hydrogen-bond donors (Lipinski definition) is 0. The van der Waals surface area contributed by atoms with E-state index in [0.717, 1.165) is 19.4 Å². The minimum atomic E-state index is -0.0332. The van der Waals surface area contributed by atoms with Crippen LogP contribution in [-0.2, 0) is 26.5 Å². The summed E-state index contributed by atoms with van der Waals surface area (Å²) in [5, 5.41) is 0. The van der Waals surface area contributed by atoms with Gasteiger partial charge in [-0.2, -0.15) is 6.08 Å². The molecule has 0 saturated carbocycles. The molecule has 1 saturated heterocycles. The minimum Gasteiger partial charge on any atom is -0.366 e. The topological polar surface area (TPSA) is 18.5 Å². The smallest absolute Gasteiger partial charge is 0.366 e. The molecule has 0 bridgehead atoms. The minimum absolute atomic E-state index is 0. The first-order chi connectivity index (χ1) is 5.93. The number of rotatable bonds is 3. The predicted molar refractivity (Wildman–Crippen MR) is 45.8 cm³/mol. The Hall–Kier alpha value is -0.261. The first-order valence-corrected chi connectivity index (χ1v) is 4.24. The zero-order chi connectivity index (χ0) is 8.65. The number of allylic oxidation sites excluding steroid dienone is 1. The van der Waals surface area contributed by atoms with Gasteiger partial charge in [-0.05, 0) is 19.3 Å². The quantitative estimate of drug-likeness (QED) is 0.416. The van der Waals surface area contributed by atoms with Gasteiger partial charge in [-0.3, -0.25) is 5.92 Å². The first kappa shape index (κ1) is 12.7. The summed E-state index contributed by atoms with van der Waals surface area (Å²) in [7, 11) is 0. The van der Waals surface area contributed by atoms with E-state index in [2.05, 4.69) is 5.92 Å². The second-order valence-electron chi connectivity index (χ2n) is 2.68. The second-order valence-corrected chi connectivity index (χ2v) is 2.68. The Kier molecular flexibility index (Phi) is 8.18. The molecule has 0 aliphatic carbocycles. The molecule has 0 aromatic rings. The third-order valence-corrected chi connectivity index (χ3v) is 1.72. The van der Waals surface area contributed by atoms with Gasteiger partial charge < -0.3 is 15.9 Å². The maximum absolute atomic E-state index is 6.60. The molecule has 0 radical (unpaired) electrons. The van der Waals surface area contributed by atoms with Crippen molar-refractivity contribution in [1.29, 1.82) is 0 Å². The van der Waals surface area contributed by atoms with Gasteiger partial charge in [-0.15, -0.1) is 6.08 Å². The van der Waals surface area contributed by atoms with E-state index in [0.29, 0.717) is 6.61 Å². The molecule has 3 heteroatoms. The van der Waals surface area contributed by atoms with Gasteiger partial charge in [0.25, 0.3) is 0 Å². The molecule has 13 heavy (non-hydrogen) atoms. The molecule has 1 aliphatic heterocycles. The van der Waals surface area contributed by atoms with Crippen LogP contribution in [0.4, 0.5) is 0 Å². The Balaban J connectivity index is 0.00000144. The summed E-state index contributed by atoms with van der Waals surface area (Å²) in [4.78, 5) is 0. The van der Waals surface area contributed by atoms with Gasteiger partial charge in [0.1, 0.15) is 0 Å². The summed E-state index contributed by atoms with van der Waals surface area (Å²) < 4.78 is 10.7. The van der Waals surface area contributed by atoms with Gasteiger partial charge in [0.2, 0.25) is 0 Å². The summed E-state index contributed by atoms with van der Waals surface area (Å²) in [5.41, 5.74) is 0. The Bertz CT molecular complexity index is 178. The van der Waals surface area contributed by atoms with Crippen LogP contribution in [0.25, 0.3) is 0 Å². The van der Waals surface area contributed by atoms with Crippen LogP contribution >= 0.6 is 0 Å². The van der Waals surface area contributed by atoms with Crippen molar-refractivity contribution in [3.05, 3.63) is 18.6 Å². The van der Waals surface area contributed by atoms with E-state index in [4.69, 9.17) is 15.9 Å². The molecule has 1 atom stereocenters. The van der Waals surface area contributed by atoms with Gasteiger partial charge in [0.15, 0.2) is 6.29 Å². The van der Waals surface area contributed by atoms with Crippen LogP contribution in [0, 0.1) is 12.3 Å². The van der Waals surface area contributed by atoms with Gasteiger partial charge in [0.05, 0.1) is 6.61 Å². The van der Waals surface area contributed by atoms with E-state index < -0.39 is 0 Å². The molecule has 1 fully saturated rings. The average Bonchev–Trinajstić information content (AvgIpc) is 2.14. The van der Waals surface area contributed by atoms with Crippen molar-refractivity contribution in [3.63, 3.8) is 0 Å². The molecule has 0 aromatic carbocycles. The van der Waals surface area contributed by atoms with Crippen molar-refractivity contribution in [2.75, 3.05) is 13.2 Å². The number of ether oxygens (including phenoxy) is 2. The first-order valence-electron chi connectivity index (χ1n) is 4.24. The third kappa shape index (κ3) is 5.90. The predicted octanol–water partition coefficient (Wildman–Crippen LogP) is 1.67. The summed E-state index contributed by atoms with van der Waals surface area (Å²) >= 11 is 0. The zero-order valence-corrected chi connectivity index (χ0v) is 8.33. The maximum Gasteiger partial charge on any atom is 1.00 e. The molecule has 1 aliphatic rings. The molecule has 0 N–H and O–H groups in total. The van der Waals surface area contributed by atoms with E-state index >= 15 is 0 Å². The van der Waals surface area contributed by atoms with Crippen LogP contribution in [0.15, 0.2) is 12.2 Å². The Morgan fingerprint density at radius 3 is 3.00 bits per heavy atom. The summed E-state index contributed by atoms with van der Waals surface area (Å²) in [6.07, 6.45) is 13.2. The van der Waals surface area contributed by atoms with Crippen LogP contribution in [0.5, 0.6) is 0 Å². The number of hydrogen-bond acceptors (Lipinski definition) is 2. The maximum atomic E-state index is 6.60. The van der Waals surface area contributed by atoms with Crippen molar-refractivity contribution in [2.24, 2.45) is 0 Å².